The van der Waals surface area contributed by atoms with Crippen LogP contribution >= 0.6 is 11.6 Å². The first-order valence-electron chi connectivity index (χ1n) is 9.94. The lowest BCUT2D eigenvalue weighted by Gasteiger charge is -2.33. The lowest BCUT2D eigenvalue weighted by molar-refractivity contribution is 0.266. The Kier molecular flexibility index (Phi) is 5.86. The molecule has 30 heavy (non-hydrogen) atoms. The van der Waals surface area contributed by atoms with Gasteiger partial charge < -0.3 is 14.2 Å². The number of benzene rings is 2. The highest BCUT2D eigenvalue weighted by Gasteiger charge is 2.32. The van der Waals surface area contributed by atoms with Gasteiger partial charge in [0.05, 0.1) is 4.90 Å². The van der Waals surface area contributed by atoms with Crippen LogP contribution in [0.25, 0.3) is 11.5 Å². The highest BCUT2D eigenvalue weighted by Crippen LogP contribution is 2.35. The zero-order valence-electron chi connectivity index (χ0n) is 17.0. The number of nitrogens with zero attached hydrogens (tertiary/aromatic N) is 3. The minimum absolute atomic E-state index is 0.0506. The van der Waals surface area contributed by atoms with Crippen LogP contribution in [0.3, 0.4) is 0 Å². The Labute approximate surface area is 182 Å². The van der Waals surface area contributed by atoms with Gasteiger partial charge >= 0.3 is 0 Å². The van der Waals surface area contributed by atoms with Gasteiger partial charge in [-0.25, -0.2) is 8.42 Å². The van der Waals surface area contributed by atoms with Crippen molar-refractivity contribution in [3.8, 4) is 11.5 Å². The Morgan fingerprint density at radius 1 is 1.00 bits per heavy atom. The summed E-state index contributed by atoms with van der Waals surface area (Å²) < 4.78 is 32.9. The number of halogens is 1. The fourth-order valence-corrected chi connectivity index (χ4v) is 4.93. The van der Waals surface area contributed by atoms with Gasteiger partial charge in [0.1, 0.15) is 0 Å². The molecule has 3 aromatic rings. The van der Waals surface area contributed by atoms with E-state index in [1.165, 1.54) is 12.1 Å². The molecule has 0 atom stereocenters. The molecule has 0 unspecified atom stereocenters. The summed E-state index contributed by atoms with van der Waals surface area (Å²) in [7, 11) is -3.87. The largest absolute Gasteiger partial charge is 0.419 e. The summed E-state index contributed by atoms with van der Waals surface area (Å²) in [5.74, 6) is 0.603. The third-order valence-electron chi connectivity index (χ3n) is 5.36. The second kappa shape index (κ2) is 8.41. The molecular formula is C22H24ClN3O3S. The summed E-state index contributed by atoms with van der Waals surface area (Å²) in [4.78, 5) is 8.89. The maximum atomic E-state index is 13.4. The minimum Gasteiger partial charge on any atom is -0.419 e. The molecule has 1 aromatic heterocycles. The lowest BCUT2D eigenvalue weighted by atomic mass is 10.1. The Hall–Kier alpha value is -2.35. The molecule has 0 amide bonds. The third-order valence-corrected chi connectivity index (χ3v) is 7.28. The van der Waals surface area contributed by atoms with E-state index in [1.54, 1.807) is 12.1 Å². The molecule has 6 nitrogen and oxygen atoms in total. The number of oxazole rings is 1. The summed E-state index contributed by atoms with van der Waals surface area (Å²) in [6.07, 6.45) is 0. The average Bonchev–Trinajstić information content (AvgIpc) is 3.21. The predicted octanol–water partition coefficient (Wildman–Crippen LogP) is 4.28. The molecule has 0 saturated carbocycles. The zero-order chi connectivity index (χ0) is 21.3. The number of sulfone groups is 1. The average molecular weight is 446 g/mol. The second-order valence-electron chi connectivity index (χ2n) is 7.37. The summed E-state index contributed by atoms with van der Waals surface area (Å²) in [5.41, 5.74) is 1.85. The maximum Gasteiger partial charge on any atom is 0.236 e. The van der Waals surface area contributed by atoms with Crippen molar-refractivity contribution in [1.29, 1.82) is 0 Å². The molecular weight excluding hydrogens is 422 g/mol. The van der Waals surface area contributed by atoms with E-state index in [4.69, 9.17) is 16.0 Å². The molecule has 1 aliphatic heterocycles. The number of aryl methyl sites for hydroxylation is 1. The van der Waals surface area contributed by atoms with Gasteiger partial charge in [0, 0.05) is 36.8 Å². The Bertz CT molecular complexity index is 1120. The molecule has 0 bridgehead atoms. The summed E-state index contributed by atoms with van der Waals surface area (Å²) in [5, 5.41) is 0.427. The molecule has 0 aliphatic carbocycles. The highest BCUT2D eigenvalue weighted by atomic mass is 35.5. The summed E-state index contributed by atoms with van der Waals surface area (Å²) in [6.45, 7) is 8.13. The standard InChI is InChI=1S/C22H24ClN3O3S/c1-3-25-12-14-26(15-13-25)22-21(30(27,28)19-10-8-18(23)9-11-19)24-20(29-22)17-6-4-16(2)5-7-17/h4-11H,3,12-15H2,1-2H3. The first-order chi connectivity index (χ1) is 14.4. The molecule has 2 aromatic carbocycles. The number of hydrogen-bond acceptors (Lipinski definition) is 6. The SMILES string of the molecule is CCN1CCN(c2oc(-c3ccc(C)cc3)nc2S(=O)(=O)c2ccc(Cl)cc2)CC1. The molecule has 1 saturated heterocycles. The number of hydrogen-bond donors (Lipinski definition) is 0. The van der Waals surface area contributed by atoms with E-state index in [2.05, 4.69) is 16.8 Å². The van der Waals surface area contributed by atoms with E-state index < -0.39 is 9.84 Å². The van der Waals surface area contributed by atoms with Crippen LogP contribution in [0.2, 0.25) is 5.02 Å². The molecule has 158 valence electrons. The lowest BCUT2D eigenvalue weighted by Crippen LogP contribution is -2.46. The van der Waals surface area contributed by atoms with E-state index in [0.29, 0.717) is 29.9 Å². The van der Waals surface area contributed by atoms with Crippen molar-refractivity contribution >= 4 is 27.3 Å². The Morgan fingerprint density at radius 3 is 2.23 bits per heavy atom. The van der Waals surface area contributed by atoms with Gasteiger partial charge in [0.2, 0.25) is 26.6 Å². The van der Waals surface area contributed by atoms with Gasteiger partial charge in [-0.3, -0.25) is 0 Å². The second-order valence-corrected chi connectivity index (χ2v) is 9.68. The smallest absolute Gasteiger partial charge is 0.236 e. The number of aromatic nitrogens is 1. The number of anilines is 1. The van der Waals surface area contributed by atoms with E-state index in [9.17, 15) is 8.42 Å². The Balaban J connectivity index is 1.79. The van der Waals surface area contributed by atoms with Crippen LogP contribution in [0.1, 0.15) is 12.5 Å². The fraction of sp³-hybridized carbons (Fsp3) is 0.318. The maximum absolute atomic E-state index is 13.4. The highest BCUT2D eigenvalue weighted by molar-refractivity contribution is 7.91. The van der Waals surface area contributed by atoms with Crippen molar-refractivity contribution in [1.82, 2.24) is 9.88 Å². The monoisotopic (exact) mass is 445 g/mol. The van der Waals surface area contributed by atoms with Crippen LogP contribution in [0.15, 0.2) is 62.9 Å². The number of likely N-dealkylation sites (N-methyl/N-ethyl adjacent to an activating group) is 1. The fourth-order valence-electron chi connectivity index (χ4n) is 3.49. The third kappa shape index (κ3) is 4.10. The van der Waals surface area contributed by atoms with E-state index in [0.717, 1.165) is 30.8 Å². The molecule has 2 heterocycles. The van der Waals surface area contributed by atoms with Crippen molar-refractivity contribution in [3.63, 3.8) is 0 Å². The van der Waals surface area contributed by atoms with Gasteiger partial charge in [0.15, 0.2) is 0 Å². The quantitative estimate of drug-likeness (QED) is 0.584. The van der Waals surface area contributed by atoms with E-state index in [-0.39, 0.29) is 9.92 Å². The van der Waals surface area contributed by atoms with Crippen LogP contribution < -0.4 is 4.90 Å². The molecule has 1 aliphatic rings. The molecule has 8 heteroatoms. The summed E-state index contributed by atoms with van der Waals surface area (Å²) >= 11 is 5.94. The van der Waals surface area contributed by atoms with Gasteiger partial charge in [-0.05, 0) is 49.9 Å². The van der Waals surface area contributed by atoms with Gasteiger partial charge in [-0.15, -0.1) is 0 Å². The van der Waals surface area contributed by atoms with Crippen LogP contribution in [0.4, 0.5) is 5.88 Å². The Morgan fingerprint density at radius 2 is 1.63 bits per heavy atom. The van der Waals surface area contributed by atoms with Gasteiger partial charge in [-0.1, -0.05) is 36.2 Å². The van der Waals surface area contributed by atoms with Gasteiger partial charge in [0.25, 0.3) is 0 Å². The van der Waals surface area contributed by atoms with Crippen molar-refractivity contribution in [3.05, 3.63) is 59.1 Å². The van der Waals surface area contributed by atoms with Crippen LogP contribution in [-0.2, 0) is 9.84 Å². The van der Waals surface area contributed by atoms with Gasteiger partial charge in [-0.2, -0.15) is 4.98 Å². The van der Waals surface area contributed by atoms with Crippen LogP contribution in [0, 0.1) is 6.92 Å². The molecule has 0 N–H and O–H groups in total. The number of piperazine rings is 1. The van der Waals surface area contributed by atoms with Crippen molar-refractivity contribution in [2.45, 2.75) is 23.8 Å². The van der Waals surface area contributed by atoms with E-state index >= 15 is 0 Å². The molecule has 1 fully saturated rings. The van der Waals surface area contributed by atoms with E-state index in [1.807, 2.05) is 36.1 Å². The van der Waals surface area contributed by atoms with Crippen LogP contribution in [-0.4, -0.2) is 51.0 Å². The molecule has 4 rings (SSSR count). The van der Waals surface area contributed by atoms with Crippen molar-refractivity contribution in [2.24, 2.45) is 0 Å². The molecule has 0 spiro atoms. The van der Waals surface area contributed by atoms with Crippen molar-refractivity contribution in [2.75, 3.05) is 37.6 Å². The number of rotatable bonds is 5. The predicted molar refractivity (Wildman–Crippen MR) is 118 cm³/mol. The van der Waals surface area contributed by atoms with Crippen LogP contribution in [0.5, 0.6) is 0 Å². The molecule has 0 radical (unpaired) electrons. The van der Waals surface area contributed by atoms with Crippen molar-refractivity contribution < 1.29 is 12.8 Å². The summed E-state index contributed by atoms with van der Waals surface area (Å²) in [6, 6.07) is 13.8. The minimum atomic E-state index is -3.87. The topological polar surface area (TPSA) is 66.7 Å². The zero-order valence-corrected chi connectivity index (χ0v) is 18.6. The first-order valence-corrected chi connectivity index (χ1v) is 11.8. The normalized spacial score (nSPS) is 15.5. The first kappa shape index (κ1) is 20.9.